The molecule has 7 nitrogen and oxygen atoms in total. The van der Waals surface area contributed by atoms with E-state index >= 15 is 0 Å². The number of likely N-dealkylation sites (N-methyl/N-ethyl adjacent to an activating group) is 1. The summed E-state index contributed by atoms with van der Waals surface area (Å²) < 4.78 is 28.3. The molecule has 35 heavy (non-hydrogen) atoms. The second kappa shape index (κ2) is 10.3. The Bertz CT molecular complexity index is 1310. The number of rotatable bonds is 10. The van der Waals surface area contributed by atoms with Gasteiger partial charge in [-0.05, 0) is 81.2 Å². The van der Waals surface area contributed by atoms with Gasteiger partial charge < -0.3 is 4.90 Å². The van der Waals surface area contributed by atoms with Crippen molar-refractivity contribution in [3.05, 3.63) is 53.1 Å². The van der Waals surface area contributed by atoms with Crippen LogP contribution in [-0.2, 0) is 10.0 Å². The minimum atomic E-state index is -3.55. The molecule has 1 heterocycles. The third kappa shape index (κ3) is 5.43. The van der Waals surface area contributed by atoms with Crippen LogP contribution in [0.3, 0.4) is 0 Å². The van der Waals surface area contributed by atoms with Crippen molar-refractivity contribution >= 4 is 42.6 Å². The number of carbonyl (C=O) groups excluding carboxylic acids is 1. The molecule has 1 fully saturated rings. The molecule has 0 N–H and O–H groups in total. The number of sulfonamides is 1. The Morgan fingerprint density at radius 1 is 1.06 bits per heavy atom. The lowest BCUT2D eigenvalue weighted by atomic mass is 10.1. The fourth-order valence-electron chi connectivity index (χ4n) is 4.27. The molecule has 3 aromatic rings. The number of anilines is 1. The first-order chi connectivity index (χ1) is 16.6. The highest BCUT2D eigenvalue weighted by Gasteiger charge is 2.35. The van der Waals surface area contributed by atoms with Gasteiger partial charge in [-0.25, -0.2) is 13.4 Å². The molecule has 0 spiro atoms. The highest BCUT2D eigenvalue weighted by Crippen LogP contribution is 2.33. The first kappa shape index (κ1) is 25.8. The molecule has 4 rings (SSSR count). The largest absolute Gasteiger partial charge is 0.302 e. The number of amides is 1. The first-order valence-electron chi connectivity index (χ1n) is 12.2. The molecule has 0 bridgehead atoms. The third-order valence-electron chi connectivity index (χ3n) is 6.66. The summed E-state index contributed by atoms with van der Waals surface area (Å²) in [6, 6.07) is 10.6. The van der Waals surface area contributed by atoms with Gasteiger partial charge in [-0.15, -0.1) is 0 Å². The molecule has 1 aliphatic rings. The maximum Gasteiger partial charge on any atom is 0.260 e. The summed E-state index contributed by atoms with van der Waals surface area (Å²) in [5, 5.41) is 0.663. The Morgan fingerprint density at radius 3 is 2.31 bits per heavy atom. The van der Waals surface area contributed by atoms with Crippen molar-refractivity contribution in [3.8, 4) is 0 Å². The molecule has 0 aliphatic heterocycles. The molecule has 0 saturated heterocycles. The van der Waals surface area contributed by atoms with E-state index in [1.165, 1.54) is 27.8 Å². The van der Waals surface area contributed by atoms with E-state index in [-0.39, 0.29) is 16.8 Å². The lowest BCUT2D eigenvalue weighted by molar-refractivity contribution is 0.0983. The van der Waals surface area contributed by atoms with Gasteiger partial charge in [0, 0.05) is 31.7 Å². The molecule has 1 aromatic heterocycles. The lowest BCUT2D eigenvalue weighted by Gasteiger charge is -2.25. The van der Waals surface area contributed by atoms with Crippen LogP contribution in [-0.4, -0.2) is 67.8 Å². The normalized spacial score (nSPS) is 14.3. The number of carbonyl (C=O) groups is 1. The summed E-state index contributed by atoms with van der Waals surface area (Å²) in [4.78, 5) is 22.7. The van der Waals surface area contributed by atoms with Crippen LogP contribution in [0.5, 0.6) is 0 Å². The Labute approximate surface area is 212 Å². The summed E-state index contributed by atoms with van der Waals surface area (Å²) in [5.41, 5.74) is 3.63. The fraction of sp³-hybridized carbons (Fsp3) is 0.462. The van der Waals surface area contributed by atoms with Gasteiger partial charge in [-0.2, -0.15) is 4.31 Å². The number of benzene rings is 2. The maximum absolute atomic E-state index is 13.7. The Hall–Kier alpha value is -2.33. The SMILES string of the molecule is CCN(CC)CCN(C(=O)c1ccc(S(=O)(=O)N(C)C2CC2)cc1)c1nc2cc(C)cc(C)c2s1. The van der Waals surface area contributed by atoms with E-state index in [2.05, 4.69) is 31.7 Å². The predicted octanol–water partition coefficient (Wildman–Crippen LogP) is 4.68. The number of hydrogen-bond acceptors (Lipinski definition) is 6. The Kier molecular flexibility index (Phi) is 7.61. The van der Waals surface area contributed by atoms with Crippen molar-refractivity contribution in [2.45, 2.75) is 51.5 Å². The van der Waals surface area contributed by atoms with Crippen molar-refractivity contribution < 1.29 is 13.2 Å². The first-order valence-corrected chi connectivity index (χ1v) is 14.4. The van der Waals surface area contributed by atoms with E-state index in [9.17, 15) is 13.2 Å². The van der Waals surface area contributed by atoms with Crippen LogP contribution in [0, 0.1) is 13.8 Å². The Balaban J connectivity index is 1.65. The number of hydrogen-bond donors (Lipinski definition) is 0. The average Bonchev–Trinajstić information content (AvgIpc) is 3.60. The van der Waals surface area contributed by atoms with Gasteiger partial charge in [0.2, 0.25) is 10.0 Å². The van der Waals surface area contributed by atoms with Crippen LogP contribution in [0.2, 0.25) is 0 Å². The van der Waals surface area contributed by atoms with E-state index in [1.807, 2.05) is 13.0 Å². The summed E-state index contributed by atoms with van der Waals surface area (Å²) in [6.45, 7) is 11.4. The number of fused-ring (bicyclic) bond motifs is 1. The van der Waals surface area contributed by atoms with E-state index in [1.54, 1.807) is 24.1 Å². The van der Waals surface area contributed by atoms with Gasteiger partial charge in [-0.1, -0.05) is 31.3 Å². The highest BCUT2D eigenvalue weighted by atomic mass is 32.2. The summed E-state index contributed by atoms with van der Waals surface area (Å²) in [6.07, 6.45) is 1.80. The molecule has 1 saturated carbocycles. The van der Waals surface area contributed by atoms with Crippen molar-refractivity contribution in [1.29, 1.82) is 0 Å². The van der Waals surface area contributed by atoms with Crippen molar-refractivity contribution in [2.75, 3.05) is 38.1 Å². The monoisotopic (exact) mass is 514 g/mol. The highest BCUT2D eigenvalue weighted by molar-refractivity contribution is 7.89. The standard InChI is InChI=1S/C26H34N4O3S2/c1-6-29(7-2)14-15-30(26-27-23-17-18(3)16-19(4)24(23)34-26)25(31)20-8-12-22(13-9-20)35(32,33)28(5)21-10-11-21/h8-9,12-13,16-17,21H,6-7,10-11,14-15H2,1-5H3. The van der Waals surface area contributed by atoms with Crippen LogP contribution < -0.4 is 4.90 Å². The van der Waals surface area contributed by atoms with Crippen LogP contribution in [0.15, 0.2) is 41.3 Å². The van der Waals surface area contributed by atoms with Gasteiger partial charge in [0.25, 0.3) is 5.91 Å². The zero-order valence-electron chi connectivity index (χ0n) is 21.1. The number of thiazole rings is 1. The minimum Gasteiger partial charge on any atom is -0.302 e. The zero-order chi connectivity index (χ0) is 25.3. The number of nitrogens with zero attached hydrogens (tertiary/aromatic N) is 4. The van der Waals surface area contributed by atoms with Gasteiger partial charge in [0.05, 0.1) is 15.1 Å². The molecule has 188 valence electrons. The van der Waals surface area contributed by atoms with Crippen LogP contribution in [0.4, 0.5) is 5.13 Å². The van der Waals surface area contributed by atoms with Crippen molar-refractivity contribution in [3.63, 3.8) is 0 Å². The molecule has 2 aromatic carbocycles. The molecule has 0 radical (unpaired) electrons. The topological polar surface area (TPSA) is 73.8 Å². The van der Waals surface area contributed by atoms with Crippen LogP contribution in [0.25, 0.3) is 10.2 Å². The van der Waals surface area contributed by atoms with E-state index in [4.69, 9.17) is 4.98 Å². The maximum atomic E-state index is 13.7. The van der Waals surface area contributed by atoms with Crippen LogP contribution >= 0.6 is 11.3 Å². The van der Waals surface area contributed by atoms with Gasteiger partial charge >= 0.3 is 0 Å². The lowest BCUT2D eigenvalue weighted by Crippen LogP contribution is -2.38. The molecule has 1 amide bonds. The van der Waals surface area contributed by atoms with Gasteiger partial charge in [0.15, 0.2) is 5.13 Å². The third-order valence-corrected chi connectivity index (χ3v) is 9.81. The summed E-state index contributed by atoms with van der Waals surface area (Å²) in [5.74, 6) is -0.176. The van der Waals surface area contributed by atoms with Crippen molar-refractivity contribution in [1.82, 2.24) is 14.2 Å². The second-order valence-corrected chi connectivity index (χ2v) is 12.2. The van der Waals surface area contributed by atoms with E-state index in [0.717, 1.165) is 53.8 Å². The molecular formula is C26H34N4O3S2. The molecule has 0 unspecified atom stereocenters. The van der Waals surface area contributed by atoms with E-state index < -0.39 is 10.0 Å². The number of aromatic nitrogens is 1. The van der Waals surface area contributed by atoms with Gasteiger partial charge in [0.1, 0.15) is 0 Å². The smallest absolute Gasteiger partial charge is 0.260 e. The molecule has 1 aliphatic carbocycles. The fourth-order valence-corrected chi connectivity index (χ4v) is 6.73. The molecule has 0 atom stereocenters. The quantitative estimate of drug-likeness (QED) is 0.393. The Morgan fingerprint density at radius 2 is 1.71 bits per heavy atom. The zero-order valence-corrected chi connectivity index (χ0v) is 22.7. The van der Waals surface area contributed by atoms with Crippen molar-refractivity contribution in [2.24, 2.45) is 0 Å². The second-order valence-electron chi connectivity index (χ2n) is 9.19. The number of aryl methyl sites for hydroxylation is 2. The molecule has 9 heteroatoms. The summed E-state index contributed by atoms with van der Waals surface area (Å²) >= 11 is 1.52. The molecular weight excluding hydrogens is 480 g/mol. The van der Waals surface area contributed by atoms with Crippen LogP contribution in [0.1, 0.15) is 48.2 Å². The summed E-state index contributed by atoms with van der Waals surface area (Å²) in [7, 11) is -1.93. The average molecular weight is 515 g/mol. The van der Waals surface area contributed by atoms with Gasteiger partial charge in [-0.3, -0.25) is 9.69 Å². The predicted molar refractivity (Wildman–Crippen MR) is 143 cm³/mol. The van der Waals surface area contributed by atoms with E-state index in [0.29, 0.717) is 17.2 Å². The minimum absolute atomic E-state index is 0.0861.